The number of rotatable bonds is 5. The van der Waals surface area contributed by atoms with Crippen molar-refractivity contribution < 1.29 is 36.4 Å². The van der Waals surface area contributed by atoms with Gasteiger partial charge in [-0.1, -0.05) is 0 Å². The summed E-state index contributed by atoms with van der Waals surface area (Å²) in [5.41, 5.74) is -0.578. The molecular formula is C22H24F5N5O3. The van der Waals surface area contributed by atoms with Gasteiger partial charge in [0.05, 0.1) is 6.04 Å². The van der Waals surface area contributed by atoms with Gasteiger partial charge in [0.15, 0.2) is 0 Å². The number of aromatic nitrogens is 2. The summed E-state index contributed by atoms with van der Waals surface area (Å²) in [6, 6.07) is 2.52. The quantitative estimate of drug-likeness (QED) is 0.489. The number of hydroxylamine groups is 2. The lowest BCUT2D eigenvalue weighted by atomic mass is 9.90. The molecule has 3 rings (SSSR count). The molecule has 8 nitrogen and oxygen atoms in total. The fourth-order valence-corrected chi connectivity index (χ4v) is 3.75. The average molecular weight is 501 g/mol. The molecule has 1 aromatic carbocycles. The van der Waals surface area contributed by atoms with Crippen molar-refractivity contribution in [3.8, 4) is 0 Å². The van der Waals surface area contributed by atoms with Crippen LogP contribution in [0.5, 0.6) is 0 Å². The zero-order chi connectivity index (χ0) is 25.9. The molecule has 35 heavy (non-hydrogen) atoms. The zero-order valence-electron chi connectivity index (χ0n) is 19.2. The number of carbonyl (C=O) groups excluding carboxylic acids is 2. The topological polar surface area (TPSA) is 87.7 Å². The van der Waals surface area contributed by atoms with E-state index in [0.717, 1.165) is 0 Å². The van der Waals surface area contributed by atoms with Crippen molar-refractivity contribution in [2.75, 3.05) is 24.3 Å². The molecule has 0 saturated heterocycles. The molecule has 0 unspecified atom stereocenters. The van der Waals surface area contributed by atoms with Gasteiger partial charge < -0.3 is 15.1 Å². The number of nitrogens with one attached hydrogen (secondary N) is 1. The van der Waals surface area contributed by atoms with Crippen LogP contribution in [0.2, 0.25) is 0 Å². The first kappa shape index (κ1) is 26.1. The van der Waals surface area contributed by atoms with Crippen LogP contribution in [-0.2, 0) is 9.63 Å². The van der Waals surface area contributed by atoms with Gasteiger partial charge in [-0.05, 0) is 44.7 Å². The summed E-state index contributed by atoms with van der Waals surface area (Å²) < 4.78 is 65.7. The Labute approximate surface area is 198 Å². The fourth-order valence-electron chi connectivity index (χ4n) is 3.75. The molecule has 1 aliphatic carbocycles. The predicted molar refractivity (Wildman–Crippen MR) is 115 cm³/mol. The van der Waals surface area contributed by atoms with Crippen LogP contribution in [0.4, 0.5) is 33.6 Å². The minimum atomic E-state index is -5.36. The monoisotopic (exact) mass is 501 g/mol. The molecule has 1 N–H and O–H groups in total. The Kier molecular flexibility index (Phi) is 7.76. The lowest BCUT2D eigenvalue weighted by molar-refractivity contribution is -0.235. The maximum atomic E-state index is 13.6. The van der Waals surface area contributed by atoms with Crippen LogP contribution in [0.3, 0.4) is 0 Å². The molecule has 1 aromatic heterocycles. The number of alkyl halides is 3. The summed E-state index contributed by atoms with van der Waals surface area (Å²) in [4.78, 5) is 39.2. The van der Waals surface area contributed by atoms with Gasteiger partial charge in [0.2, 0.25) is 0 Å². The summed E-state index contributed by atoms with van der Waals surface area (Å²) in [7, 11) is 3.66. The summed E-state index contributed by atoms with van der Waals surface area (Å²) in [5.74, 6) is -4.25. The first-order chi connectivity index (χ1) is 16.3. The summed E-state index contributed by atoms with van der Waals surface area (Å²) in [5, 5.41) is 3.53. The van der Waals surface area contributed by atoms with E-state index in [2.05, 4.69) is 20.1 Å². The maximum absolute atomic E-state index is 13.6. The molecule has 1 aliphatic rings. The van der Waals surface area contributed by atoms with E-state index < -0.39 is 41.3 Å². The molecule has 0 spiro atoms. The highest BCUT2D eigenvalue weighted by atomic mass is 19.4. The highest BCUT2D eigenvalue weighted by molar-refractivity contribution is 5.94. The molecule has 0 radical (unpaired) electrons. The van der Waals surface area contributed by atoms with Gasteiger partial charge in [-0.2, -0.15) is 18.2 Å². The number of aryl methyl sites for hydroxylation is 1. The number of benzene rings is 1. The van der Waals surface area contributed by atoms with Crippen molar-refractivity contribution in [2.24, 2.45) is 0 Å². The zero-order valence-corrected chi connectivity index (χ0v) is 19.2. The number of carbonyl (C=O) groups is 2. The second kappa shape index (κ2) is 10.4. The Balaban J connectivity index is 1.75. The molecule has 0 aliphatic heterocycles. The molecule has 1 saturated carbocycles. The third kappa shape index (κ3) is 6.76. The van der Waals surface area contributed by atoms with E-state index in [-0.39, 0.29) is 23.9 Å². The Morgan fingerprint density at radius 1 is 1.00 bits per heavy atom. The molecule has 1 heterocycles. The Hall–Kier alpha value is -3.51. The molecule has 1 amide bonds. The van der Waals surface area contributed by atoms with Gasteiger partial charge in [-0.3, -0.25) is 4.79 Å². The van der Waals surface area contributed by atoms with Crippen molar-refractivity contribution in [1.29, 1.82) is 0 Å². The lowest BCUT2D eigenvalue weighted by Crippen LogP contribution is -2.47. The van der Waals surface area contributed by atoms with Crippen LogP contribution in [0.15, 0.2) is 24.3 Å². The Bertz CT molecular complexity index is 1070. The summed E-state index contributed by atoms with van der Waals surface area (Å²) in [6.45, 7) is 1.74. The third-order valence-corrected chi connectivity index (χ3v) is 5.39. The van der Waals surface area contributed by atoms with Crippen molar-refractivity contribution in [2.45, 2.75) is 50.9 Å². The first-order valence-electron chi connectivity index (χ1n) is 10.7. The van der Waals surface area contributed by atoms with E-state index in [4.69, 9.17) is 0 Å². The van der Waals surface area contributed by atoms with E-state index in [1.165, 1.54) is 0 Å². The Morgan fingerprint density at radius 3 is 2.14 bits per heavy atom. The number of nitrogens with zero attached hydrogens (tertiary/aromatic N) is 4. The second-order valence-corrected chi connectivity index (χ2v) is 8.37. The number of hydrogen-bond acceptors (Lipinski definition) is 7. The van der Waals surface area contributed by atoms with Gasteiger partial charge in [-0.15, -0.1) is 0 Å². The normalized spacial score (nSPS) is 18.1. The first-order valence-corrected chi connectivity index (χ1v) is 10.7. The third-order valence-electron chi connectivity index (χ3n) is 5.39. The minimum Gasteiger partial charge on any atom is -0.367 e. The van der Waals surface area contributed by atoms with E-state index >= 15 is 0 Å². The molecule has 13 heteroatoms. The highest BCUT2D eigenvalue weighted by Gasteiger charge is 2.45. The van der Waals surface area contributed by atoms with Gasteiger partial charge in [0, 0.05) is 37.8 Å². The smallest absolute Gasteiger partial charge is 0.367 e. The predicted octanol–water partition coefficient (Wildman–Crippen LogP) is 4.02. The van der Waals surface area contributed by atoms with Crippen molar-refractivity contribution in [3.05, 3.63) is 47.3 Å². The summed E-state index contributed by atoms with van der Waals surface area (Å²) >= 11 is 0. The van der Waals surface area contributed by atoms with Crippen molar-refractivity contribution in [1.82, 2.24) is 15.0 Å². The number of amides is 1. The molecule has 2 aromatic rings. The maximum Gasteiger partial charge on any atom is 0.493 e. The van der Waals surface area contributed by atoms with Crippen LogP contribution < -0.4 is 10.2 Å². The van der Waals surface area contributed by atoms with Crippen LogP contribution in [-0.4, -0.2) is 59.3 Å². The van der Waals surface area contributed by atoms with Crippen LogP contribution >= 0.6 is 0 Å². The number of halogens is 5. The standard InChI is InChI=1S/C22H24F5N5O3/c1-12-28-18(11-19(29-12)31(2)3)30-16-4-6-17(7-5-16)32(35-21(34)22(25,26)27)20(33)13-8-14(23)10-15(24)9-13/h8-11,16-17H,4-7H2,1-3H3,(H,28,29,30). The molecular weight excluding hydrogens is 477 g/mol. The van der Waals surface area contributed by atoms with E-state index in [1.54, 1.807) is 13.0 Å². The van der Waals surface area contributed by atoms with E-state index in [0.29, 0.717) is 48.5 Å². The van der Waals surface area contributed by atoms with Crippen molar-refractivity contribution in [3.63, 3.8) is 0 Å². The highest BCUT2D eigenvalue weighted by Crippen LogP contribution is 2.29. The molecule has 0 atom stereocenters. The average Bonchev–Trinajstić information content (AvgIpc) is 2.75. The Morgan fingerprint density at radius 2 is 1.60 bits per heavy atom. The second-order valence-electron chi connectivity index (χ2n) is 8.37. The minimum absolute atomic E-state index is 0.127. The van der Waals surface area contributed by atoms with Gasteiger partial charge >= 0.3 is 12.1 Å². The fraction of sp³-hybridized carbons (Fsp3) is 0.455. The van der Waals surface area contributed by atoms with E-state index in [1.807, 2.05) is 19.0 Å². The van der Waals surface area contributed by atoms with Crippen LogP contribution in [0.1, 0.15) is 41.9 Å². The van der Waals surface area contributed by atoms with Crippen LogP contribution in [0.25, 0.3) is 0 Å². The molecule has 0 bridgehead atoms. The molecule has 1 fully saturated rings. The lowest BCUT2D eigenvalue weighted by Gasteiger charge is -2.35. The van der Waals surface area contributed by atoms with Crippen LogP contribution in [0, 0.1) is 18.6 Å². The van der Waals surface area contributed by atoms with Crippen molar-refractivity contribution >= 4 is 23.5 Å². The SMILES string of the molecule is Cc1nc(NC2CCC(N(OC(=O)C(F)(F)F)C(=O)c3cc(F)cc(F)c3)CC2)cc(N(C)C)n1. The summed E-state index contributed by atoms with van der Waals surface area (Å²) in [6.07, 6.45) is -4.24. The van der Waals surface area contributed by atoms with Gasteiger partial charge in [0.1, 0.15) is 29.1 Å². The number of hydrogen-bond donors (Lipinski definition) is 1. The molecule has 190 valence electrons. The number of anilines is 2. The van der Waals surface area contributed by atoms with Gasteiger partial charge in [0.25, 0.3) is 5.91 Å². The van der Waals surface area contributed by atoms with E-state index in [9.17, 15) is 31.5 Å². The largest absolute Gasteiger partial charge is 0.493 e. The van der Waals surface area contributed by atoms with Gasteiger partial charge in [-0.25, -0.2) is 23.5 Å².